The SMILES string of the molecule is CCCC(C(=O)NCCCC1CC1)C(N)=NO. The second-order valence-electron chi connectivity index (χ2n) is 4.74. The molecule has 1 fully saturated rings. The highest BCUT2D eigenvalue weighted by molar-refractivity contribution is 6.01. The lowest BCUT2D eigenvalue weighted by molar-refractivity contribution is -0.123. The van der Waals surface area contributed by atoms with E-state index >= 15 is 0 Å². The smallest absolute Gasteiger partial charge is 0.230 e. The van der Waals surface area contributed by atoms with Crippen LogP contribution < -0.4 is 11.1 Å². The normalized spacial score (nSPS) is 17.8. The Bertz CT molecular complexity index is 275. The number of nitrogens with two attached hydrogens (primary N) is 1. The van der Waals surface area contributed by atoms with Gasteiger partial charge in [-0.15, -0.1) is 0 Å². The van der Waals surface area contributed by atoms with Crippen molar-refractivity contribution in [3.05, 3.63) is 0 Å². The molecule has 0 radical (unpaired) electrons. The molecule has 4 N–H and O–H groups in total. The molecule has 1 rings (SSSR count). The van der Waals surface area contributed by atoms with Gasteiger partial charge in [-0.3, -0.25) is 4.79 Å². The van der Waals surface area contributed by atoms with Crippen LogP contribution in [0, 0.1) is 11.8 Å². The molecule has 98 valence electrons. The lowest BCUT2D eigenvalue weighted by Gasteiger charge is -2.14. The Hall–Kier alpha value is -1.26. The van der Waals surface area contributed by atoms with Gasteiger partial charge in [-0.25, -0.2) is 0 Å². The molecular formula is C12H23N3O2. The number of carbonyl (C=O) groups excluding carboxylic acids is 1. The van der Waals surface area contributed by atoms with Crippen molar-refractivity contribution in [1.82, 2.24) is 5.32 Å². The lowest BCUT2D eigenvalue weighted by atomic mass is 10.0. The first kappa shape index (κ1) is 13.8. The number of rotatable bonds is 8. The summed E-state index contributed by atoms with van der Waals surface area (Å²) in [5.74, 6) is 0.276. The van der Waals surface area contributed by atoms with Crippen molar-refractivity contribution in [2.45, 2.75) is 45.4 Å². The van der Waals surface area contributed by atoms with E-state index in [9.17, 15) is 4.79 Å². The summed E-state index contributed by atoms with van der Waals surface area (Å²) in [4.78, 5) is 11.8. The van der Waals surface area contributed by atoms with Gasteiger partial charge in [-0.05, 0) is 25.2 Å². The number of amides is 1. The summed E-state index contributed by atoms with van der Waals surface area (Å²) in [6.45, 7) is 2.66. The van der Waals surface area contributed by atoms with Crippen molar-refractivity contribution in [2.24, 2.45) is 22.7 Å². The fourth-order valence-electron chi connectivity index (χ4n) is 1.90. The molecule has 0 aromatic heterocycles. The van der Waals surface area contributed by atoms with E-state index in [-0.39, 0.29) is 11.7 Å². The van der Waals surface area contributed by atoms with Crippen LogP contribution in [0.25, 0.3) is 0 Å². The number of amidine groups is 1. The summed E-state index contributed by atoms with van der Waals surface area (Å²) in [6.07, 6.45) is 6.35. The molecule has 1 unspecified atom stereocenters. The summed E-state index contributed by atoms with van der Waals surface area (Å²) >= 11 is 0. The van der Waals surface area contributed by atoms with E-state index in [4.69, 9.17) is 10.9 Å². The number of hydrogen-bond donors (Lipinski definition) is 3. The predicted octanol–water partition coefficient (Wildman–Crippen LogP) is 1.46. The van der Waals surface area contributed by atoms with Gasteiger partial charge in [0.15, 0.2) is 5.84 Å². The first-order chi connectivity index (χ1) is 8.19. The van der Waals surface area contributed by atoms with Crippen LogP contribution >= 0.6 is 0 Å². The van der Waals surface area contributed by atoms with Crippen LogP contribution in [0.5, 0.6) is 0 Å². The molecule has 1 aliphatic rings. The first-order valence-electron chi connectivity index (χ1n) is 6.44. The second kappa shape index (κ2) is 7.14. The molecule has 0 bridgehead atoms. The highest BCUT2D eigenvalue weighted by atomic mass is 16.4. The van der Waals surface area contributed by atoms with Gasteiger partial charge >= 0.3 is 0 Å². The maximum atomic E-state index is 11.8. The zero-order valence-electron chi connectivity index (χ0n) is 10.5. The molecule has 0 saturated heterocycles. The minimum atomic E-state index is -0.495. The van der Waals surface area contributed by atoms with Gasteiger partial charge in [0.05, 0.1) is 5.92 Å². The fourth-order valence-corrected chi connectivity index (χ4v) is 1.90. The largest absolute Gasteiger partial charge is 0.409 e. The summed E-state index contributed by atoms with van der Waals surface area (Å²) < 4.78 is 0. The number of nitrogens with zero attached hydrogens (tertiary/aromatic N) is 1. The Morgan fingerprint density at radius 1 is 1.59 bits per heavy atom. The Kier molecular flexibility index (Phi) is 5.80. The van der Waals surface area contributed by atoms with Crippen molar-refractivity contribution in [3.8, 4) is 0 Å². The number of nitrogens with one attached hydrogen (secondary N) is 1. The molecule has 5 nitrogen and oxygen atoms in total. The van der Waals surface area contributed by atoms with E-state index in [2.05, 4.69) is 10.5 Å². The summed E-state index contributed by atoms with van der Waals surface area (Å²) in [7, 11) is 0. The third-order valence-electron chi connectivity index (χ3n) is 3.15. The average Bonchev–Trinajstić information content (AvgIpc) is 3.14. The quantitative estimate of drug-likeness (QED) is 0.198. The summed E-state index contributed by atoms with van der Waals surface area (Å²) in [5.41, 5.74) is 5.51. The van der Waals surface area contributed by atoms with E-state index in [0.29, 0.717) is 13.0 Å². The molecule has 1 atom stereocenters. The molecule has 0 aromatic rings. The molecule has 0 aromatic carbocycles. The maximum Gasteiger partial charge on any atom is 0.230 e. The predicted molar refractivity (Wildman–Crippen MR) is 66.8 cm³/mol. The maximum absolute atomic E-state index is 11.8. The Balaban J connectivity index is 2.25. The molecular weight excluding hydrogens is 218 g/mol. The monoisotopic (exact) mass is 241 g/mol. The number of hydrogen-bond acceptors (Lipinski definition) is 3. The molecule has 1 aliphatic carbocycles. The third kappa shape index (κ3) is 5.06. The van der Waals surface area contributed by atoms with Crippen LogP contribution in [0.2, 0.25) is 0 Å². The minimum Gasteiger partial charge on any atom is -0.409 e. The molecule has 17 heavy (non-hydrogen) atoms. The van der Waals surface area contributed by atoms with E-state index in [0.717, 1.165) is 18.8 Å². The van der Waals surface area contributed by atoms with Crippen molar-refractivity contribution in [3.63, 3.8) is 0 Å². The van der Waals surface area contributed by atoms with Crippen LogP contribution in [0.1, 0.15) is 45.4 Å². The minimum absolute atomic E-state index is 0.00606. The topological polar surface area (TPSA) is 87.7 Å². The van der Waals surface area contributed by atoms with Crippen molar-refractivity contribution < 1.29 is 10.0 Å². The first-order valence-corrected chi connectivity index (χ1v) is 6.44. The molecule has 0 heterocycles. The molecule has 0 spiro atoms. The second-order valence-corrected chi connectivity index (χ2v) is 4.74. The van der Waals surface area contributed by atoms with Gasteiger partial charge in [-0.2, -0.15) is 0 Å². The zero-order valence-corrected chi connectivity index (χ0v) is 10.5. The third-order valence-corrected chi connectivity index (χ3v) is 3.15. The standard InChI is InChI=1S/C12H23N3O2/c1-2-4-10(11(13)15-17)12(16)14-8-3-5-9-6-7-9/h9-10,17H,2-8H2,1H3,(H2,13,15)(H,14,16). The van der Waals surface area contributed by atoms with Crippen LogP contribution in [0.3, 0.4) is 0 Å². The van der Waals surface area contributed by atoms with E-state index in [1.165, 1.54) is 19.3 Å². The Labute approximate surface area is 102 Å². The van der Waals surface area contributed by atoms with E-state index in [1.54, 1.807) is 0 Å². The van der Waals surface area contributed by atoms with E-state index < -0.39 is 5.92 Å². The van der Waals surface area contributed by atoms with Gasteiger partial charge in [-0.1, -0.05) is 31.3 Å². The Morgan fingerprint density at radius 2 is 2.29 bits per heavy atom. The van der Waals surface area contributed by atoms with Gasteiger partial charge in [0.25, 0.3) is 0 Å². The Morgan fingerprint density at radius 3 is 2.82 bits per heavy atom. The van der Waals surface area contributed by atoms with Gasteiger partial charge in [0.2, 0.25) is 5.91 Å². The molecule has 1 amide bonds. The van der Waals surface area contributed by atoms with Gasteiger partial charge in [0, 0.05) is 6.54 Å². The summed E-state index contributed by atoms with van der Waals surface area (Å²) in [5, 5.41) is 14.4. The van der Waals surface area contributed by atoms with Crippen LogP contribution in [0.4, 0.5) is 0 Å². The number of carbonyl (C=O) groups is 1. The van der Waals surface area contributed by atoms with Crippen LogP contribution in [-0.4, -0.2) is 23.5 Å². The van der Waals surface area contributed by atoms with Crippen molar-refractivity contribution in [2.75, 3.05) is 6.54 Å². The fraction of sp³-hybridized carbons (Fsp3) is 0.833. The highest BCUT2D eigenvalue weighted by Gasteiger charge is 2.23. The molecule has 5 heteroatoms. The van der Waals surface area contributed by atoms with E-state index in [1.807, 2.05) is 6.92 Å². The van der Waals surface area contributed by atoms with Crippen LogP contribution in [-0.2, 0) is 4.79 Å². The van der Waals surface area contributed by atoms with Crippen LogP contribution in [0.15, 0.2) is 5.16 Å². The lowest BCUT2D eigenvalue weighted by Crippen LogP contribution is -2.39. The number of oxime groups is 1. The van der Waals surface area contributed by atoms with Gasteiger partial charge < -0.3 is 16.3 Å². The molecule has 0 aliphatic heterocycles. The van der Waals surface area contributed by atoms with Gasteiger partial charge in [0.1, 0.15) is 0 Å². The highest BCUT2D eigenvalue weighted by Crippen LogP contribution is 2.33. The molecule has 1 saturated carbocycles. The van der Waals surface area contributed by atoms with Crippen molar-refractivity contribution in [1.29, 1.82) is 0 Å². The van der Waals surface area contributed by atoms with Crippen molar-refractivity contribution >= 4 is 11.7 Å². The zero-order chi connectivity index (χ0) is 12.7. The summed E-state index contributed by atoms with van der Waals surface area (Å²) in [6, 6.07) is 0. The average molecular weight is 241 g/mol.